The van der Waals surface area contributed by atoms with Crippen molar-refractivity contribution in [2.75, 3.05) is 0 Å². The Balaban J connectivity index is 1.90. The summed E-state index contributed by atoms with van der Waals surface area (Å²) in [5.74, 6) is 0. The van der Waals surface area contributed by atoms with Gasteiger partial charge >= 0.3 is 0 Å². The summed E-state index contributed by atoms with van der Waals surface area (Å²) < 4.78 is 2.17. The molecule has 0 amide bonds. The molecule has 0 atom stereocenters. The number of aromatic amines is 1. The zero-order valence-electron chi connectivity index (χ0n) is 12.9. The van der Waals surface area contributed by atoms with E-state index in [0.29, 0.717) is 0 Å². The number of fused-ring (bicyclic) bond motifs is 2. The van der Waals surface area contributed by atoms with Crippen LogP contribution < -0.4 is 0 Å². The molecule has 22 heavy (non-hydrogen) atoms. The zero-order valence-corrected chi connectivity index (χ0v) is 12.9. The number of hydrogen-bond donors (Lipinski definition) is 1. The van der Waals surface area contributed by atoms with Crippen molar-refractivity contribution in [1.82, 2.24) is 14.5 Å². The summed E-state index contributed by atoms with van der Waals surface area (Å²) in [7, 11) is 0. The summed E-state index contributed by atoms with van der Waals surface area (Å²) in [5.41, 5.74) is 7.25. The van der Waals surface area contributed by atoms with Gasteiger partial charge < -0.3 is 4.98 Å². The zero-order chi connectivity index (χ0) is 15.1. The third kappa shape index (κ3) is 1.93. The average Bonchev–Trinajstić information content (AvgIpc) is 3.17. The van der Waals surface area contributed by atoms with Gasteiger partial charge in [-0.1, -0.05) is 19.9 Å². The first-order chi connectivity index (χ1) is 10.8. The molecule has 0 fully saturated rings. The Morgan fingerprint density at radius 1 is 1.05 bits per heavy atom. The van der Waals surface area contributed by atoms with Crippen LogP contribution in [-0.2, 0) is 12.8 Å². The van der Waals surface area contributed by atoms with Crippen LogP contribution in [-0.4, -0.2) is 14.5 Å². The molecule has 0 spiro atoms. The Bertz CT molecular complexity index is 959. The van der Waals surface area contributed by atoms with Gasteiger partial charge in [-0.3, -0.25) is 4.57 Å². The molecule has 0 radical (unpaired) electrons. The molecule has 4 aromatic rings. The highest BCUT2D eigenvalue weighted by molar-refractivity contribution is 5.86. The molecule has 2 aromatic carbocycles. The van der Waals surface area contributed by atoms with Gasteiger partial charge in [0, 0.05) is 22.8 Å². The molecule has 0 aliphatic heterocycles. The molecule has 2 heterocycles. The Labute approximate surface area is 129 Å². The first kappa shape index (κ1) is 13.1. The maximum Gasteiger partial charge on any atom is 0.100 e. The lowest BCUT2D eigenvalue weighted by molar-refractivity contribution is 1.09. The van der Waals surface area contributed by atoms with Gasteiger partial charge in [-0.15, -0.1) is 0 Å². The van der Waals surface area contributed by atoms with Crippen molar-refractivity contribution in [3.63, 3.8) is 0 Å². The minimum Gasteiger partial charge on any atom is -0.361 e. The summed E-state index contributed by atoms with van der Waals surface area (Å²) in [4.78, 5) is 7.91. The first-order valence-electron chi connectivity index (χ1n) is 7.86. The highest BCUT2D eigenvalue weighted by Gasteiger charge is 2.08. The van der Waals surface area contributed by atoms with Gasteiger partial charge in [0.05, 0.1) is 11.0 Å². The molecule has 0 aliphatic carbocycles. The normalized spacial score (nSPS) is 11.5. The molecule has 0 saturated carbocycles. The van der Waals surface area contributed by atoms with Crippen LogP contribution in [0.4, 0.5) is 0 Å². The van der Waals surface area contributed by atoms with Crippen molar-refractivity contribution in [3.05, 3.63) is 60.0 Å². The fraction of sp³-hybridized carbons (Fsp3) is 0.211. The van der Waals surface area contributed by atoms with Crippen LogP contribution in [0.5, 0.6) is 0 Å². The van der Waals surface area contributed by atoms with Crippen LogP contribution in [0.3, 0.4) is 0 Å². The summed E-state index contributed by atoms with van der Waals surface area (Å²) in [6, 6.07) is 13.1. The maximum absolute atomic E-state index is 4.57. The van der Waals surface area contributed by atoms with E-state index in [4.69, 9.17) is 0 Å². The molecule has 1 N–H and O–H groups in total. The second-order valence-corrected chi connectivity index (χ2v) is 5.69. The lowest BCUT2D eigenvalue weighted by Gasteiger charge is -2.06. The van der Waals surface area contributed by atoms with Gasteiger partial charge in [0.15, 0.2) is 0 Å². The van der Waals surface area contributed by atoms with E-state index in [1.54, 1.807) is 0 Å². The van der Waals surface area contributed by atoms with Gasteiger partial charge in [-0.25, -0.2) is 4.98 Å². The predicted molar refractivity (Wildman–Crippen MR) is 91.7 cm³/mol. The van der Waals surface area contributed by atoms with Crippen LogP contribution in [0.1, 0.15) is 25.0 Å². The number of H-pyrrole nitrogens is 1. The first-order valence-corrected chi connectivity index (χ1v) is 7.86. The van der Waals surface area contributed by atoms with E-state index in [0.717, 1.165) is 29.6 Å². The van der Waals surface area contributed by atoms with Gasteiger partial charge in [0.1, 0.15) is 6.33 Å². The lowest BCUT2D eigenvalue weighted by atomic mass is 10.1. The smallest absolute Gasteiger partial charge is 0.100 e. The Morgan fingerprint density at radius 2 is 1.95 bits per heavy atom. The van der Waals surface area contributed by atoms with E-state index in [1.807, 2.05) is 6.33 Å². The van der Waals surface area contributed by atoms with E-state index in [9.17, 15) is 0 Å². The summed E-state index contributed by atoms with van der Waals surface area (Å²) in [6.45, 7) is 4.36. The minimum atomic E-state index is 1.04. The monoisotopic (exact) mass is 289 g/mol. The molecule has 0 saturated heterocycles. The summed E-state index contributed by atoms with van der Waals surface area (Å²) in [6.07, 6.45) is 6.10. The fourth-order valence-corrected chi connectivity index (χ4v) is 3.09. The summed E-state index contributed by atoms with van der Waals surface area (Å²) >= 11 is 0. The molecule has 4 rings (SSSR count). The lowest BCUT2D eigenvalue weighted by Crippen LogP contribution is -1.92. The van der Waals surface area contributed by atoms with E-state index >= 15 is 0 Å². The highest BCUT2D eigenvalue weighted by Crippen LogP contribution is 2.25. The third-order valence-corrected chi connectivity index (χ3v) is 4.43. The SMILES string of the molecule is CCc1ccc2c(c1)ncn2-c1ccc2[nH]cc(CC)c2c1. The Kier molecular flexibility index (Phi) is 3.00. The molecular formula is C19H19N3. The topological polar surface area (TPSA) is 33.6 Å². The van der Waals surface area contributed by atoms with Crippen molar-refractivity contribution in [3.8, 4) is 5.69 Å². The predicted octanol–water partition coefficient (Wildman–Crippen LogP) is 4.63. The number of nitrogens with one attached hydrogen (secondary N) is 1. The number of rotatable bonds is 3. The number of aryl methyl sites for hydroxylation is 2. The molecule has 110 valence electrons. The molecule has 3 nitrogen and oxygen atoms in total. The minimum absolute atomic E-state index is 1.04. The molecule has 0 aliphatic rings. The maximum atomic E-state index is 4.57. The van der Waals surface area contributed by atoms with Crippen molar-refractivity contribution in [2.45, 2.75) is 26.7 Å². The third-order valence-electron chi connectivity index (χ3n) is 4.43. The Morgan fingerprint density at radius 3 is 2.77 bits per heavy atom. The number of aromatic nitrogens is 3. The average molecular weight is 289 g/mol. The second kappa shape index (κ2) is 5.02. The Hall–Kier alpha value is -2.55. The second-order valence-electron chi connectivity index (χ2n) is 5.69. The molecular weight excluding hydrogens is 270 g/mol. The van der Waals surface area contributed by atoms with Crippen LogP contribution >= 0.6 is 0 Å². The van der Waals surface area contributed by atoms with Crippen LogP contribution in [0, 0.1) is 0 Å². The van der Waals surface area contributed by atoms with Crippen molar-refractivity contribution >= 4 is 21.9 Å². The largest absolute Gasteiger partial charge is 0.361 e. The standard InChI is InChI=1S/C19H19N3/c1-3-13-5-8-19-18(9-13)21-12-22(19)15-6-7-17-16(10-15)14(4-2)11-20-17/h5-12,20H,3-4H2,1-2H3. The molecule has 2 aromatic heterocycles. The van der Waals surface area contributed by atoms with Gasteiger partial charge in [-0.05, 0) is 54.3 Å². The fourth-order valence-electron chi connectivity index (χ4n) is 3.09. The van der Waals surface area contributed by atoms with Gasteiger partial charge in [0.25, 0.3) is 0 Å². The molecule has 3 heteroatoms. The molecule has 0 unspecified atom stereocenters. The number of nitrogens with zero attached hydrogens (tertiary/aromatic N) is 2. The summed E-state index contributed by atoms with van der Waals surface area (Å²) in [5, 5.41) is 1.30. The van der Waals surface area contributed by atoms with Crippen molar-refractivity contribution < 1.29 is 0 Å². The van der Waals surface area contributed by atoms with Crippen LogP contribution in [0.2, 0.25) is 0 Å². The van der Waals surface area contributed by atoms with E-state index in [-0.39, 0.29) is 0 Å². The van der Waals surface area contributed by atoms with Crippen LogP contribution in [0.15, 0.2) is 48.9 Å². The van der Waals surface area contributed by atoms with Gasteiger partial charge in [0.2, 0.25) is 0 Å². The van der Waals surface area contributed by atoms with Crippen molar-refractivity contribution in [2.24, 2.45) is 0 Å². The van der Waals surface area contributed by atoms with Crippen molar-refractivity contribution in [1.29, 1.82) is 0 Å². The number of benzene rings is 2. The quantitative estimate of drug-likeness (QED) is 0.586. The van der Waals surface area contributed by atoms with E-state index in [2.05, 4.69) is 71.0 Å². The van der Waals surface area contributed by atoms with E-state index < -0.39 is 0 Å². The molecule has 0 bridgehead atoms. The van der Waals surface area contributed by atoms with E-state index in [1.165, 1.54) is 22.0 Å². The number of hydrogen-bond acceptors (Lipinski definition) is 1. The number of imidazole rings is 1. The van der Waals surface area contributed by atoms with Gasteiger partial charge in [-0.2, -0.15) is 0 Å². The van der Waals surface area contributed by atoms with Crippen LogP contribution in [0.25, 0.3) is 27.6 Å². The highest BCUT2D eigenvalue weighted by atomic mass is 15.0.